The van der Waals surface area contributed by atoms with Crippen LogP contribution in [0.25, 0.3) is 11.0 Å². The number of amides is 1. The highest BCUT2D eigenvalue weighted by molar-refractivity contribution is 7.90. The Labute approximate surface area is 440 Å². The van der Waals surface area contributed by atoms with E-state index in [-0.39, 0.29) is 56.9 Å². The van der Waals surface area contributed by atoms with Gasteiger partial charge in [-0.05, 0) is 116 Å². The molecule has 4 N–H and O–H groups in total. The number of rotatable bonds is 17. The van der Waals surface area contributed by atoms with Crippen molar-refractivity contribution >= 4 is 44.0 Å². The Morgan fingerprint density at radius 2 is 1.74 bits per heavy atom. The molecule has 6 aromatic rings. The van der Waals surface area contributed by atoms with Gasteiger partial charge in [-0.3, -0.25) is 24.7 Å². The Hall–Kier alpha value is -6.87. The van der Waals surface area contributed by atoms with Crippen molar-refractivity contribution in [1.82, 2.24) is 24.5 Å². The van der Waals surface area contributed by atoms with E-state index in [4.69, 9.17) is 14.2 Å². The van der Waals surface area contributed by atoms with Gasteiger partial charge in [-0.15, -0.1) is 0 Å². The molecule has 2 aliphatic carbocycles. The second-order valence-electron chi connectivity index (χ2n) is 21.7. The molecule has 1 atom stereocenters. The molecule has 4 heterocycles. The zero-order chi connectivity index (χ0) is 53.7. The van der Waals surface area contributed by atoms with E-state index in [1.807, 2.05) is 6.07 Å². The summed E-state index contributed by atoms with van der Waals surface area (Å²) in [6.07, 6.45) is 7.17. The minimum atomic E-state index is -4.66. The molecule has 402 valence electrons. The first-order chi connectivity index (χ1) is 36.3. The van der Waals surface area contributed by atoms with Crippen molar-refractivity contribution in [2.24, 2.45) is 11.3 Å². The quantitative estimate of drug-likeness (QED) is 0.0496. The highest BCUT2D eigenvalue weighted by Gasteiger charge is 2.55. The van der Waals surface area contributed by atoms with E-state index < -0.39 is 48.7 Å². The van der Waals surface area contributed by atoms with Gasteiger partial charge in [0, 0.05) is 87.3 Å². The molecule has 2 aromatic heterocycles. The average molecular weight is 1060 g/mol. The van der Waals surface area contributed by atoms with Crippen LogP contribution in [0.1, 0.15) is 98.3 Å². The summed E-state index contributed by atoms with van der Waals surface area (Å²) in [7, 11) is -1.73. The molecule has 17 nitrogen and oxygen atoms in total. The SMILES string of the molecule is COc1cc(CN2CCN(C3CC4(C3)CN(c3ccc(C(=O)NS(=O)(=O)c5ccc(NCC6CCC(C)(O)CC6)c([N+](=O)[O-])c5)c(Oc5cnc6[nH]cc(F)c6c5)c3)C4)[C@H](c3ccccc3C(C)C)C2)cc(F)c1OC. The van der Waals surface area contributed by atoms with Crippen LogP contribution in [0, 0.1) is 33.1 Å². The number of aromatic nitrogens is 2. The Balaban J connectivity index is 0.850. The number of ether oxygens (including phenoxy) is 3. The first kappa shape index (κ1) is 52.6. The predicted octanol–water partition coefficient (Wildman–Crippen LogP) is 9.68. The number of pyridine rings is 1. The lowest BCUT2D eigenvalue weighted by atomic mass is 9.59. The largest absolute Gasteiger partial charge is 0.493 e. The first-order valence-corrected chi connectivity index (χ1v) is 27.3. The van der Waals surface area contributed by atoms with E-state index in [0.717, 1.165) is 75.7 Å². The van der Waals surface area contributed by atoms with Crippen LogP contribution in [-0.4, -0.2) is 109 Å². The minimum Gasteiger partial charge on any atom is -0.493 e. The molecule has 0 unspecified atom stereocenters. The van der Waals surface area contributed by atoms with Crippen molar-refractivity contribution in [1.29, 1.82) is 0 Å². The highest BCUT2D eigenvalue weighted by Crippen LogP contribution is 2.54. The van der Waals surface area contributed by atoms with Gasteiger partial charge >= 0.3 is 0 Å². The molecule has 1 spiro atoms. The average Bonchev–Trinajstić information content (AvgIpc) is 3.74. The lowest BCUT2D eigenvalue weighted by molar-refractivity contribution is -0.384. The number of hydrogen-bond acceptors (Lipinski definition) is 14. The van der Waals surface area contributed by atoms with Crippen LogP contribution < -0.4 is 29.1 Å². The number of halogens is 2. The summed E-state index contributed by atoms with van der Waals surface area (Å²) in [6.45, 7) is 11.0. The monoisotopic (exact) mass is 1060 g/mol. The number of nitrogens with one attached hydrogen (secondary N) is 3. The van der Waals surface area contributed by atoms with E-state index in [0.29, 0.717) is 43.6 Å². The number of nitrogens with zero attached hydrogens (tertiary/aromatic N) is 5. The summed E-state index contributed by atoms with van der Waals surface area (Å²) in [5.74, 6) is -1.05. The summed E-state index contributed by atoms with van der Waals surface area (Å²) in [5.41, 5.74) is 3.23. The molecule has 10 rings (SSSR count). The Morgan fingerprint density at radius 1 is 0.974 bits per heavy atom. The van der Waals surface area contributed by atoms with Crippen molar-refractivity contribution in [2.75, 3.05) is 63.7 Å². The van der Waals surface area contributed by atoms with Crippen LogP contribution in [0.15, 0.2) is 96.2 Å². The zero-order valence-electron chi connectivity index (χ0n) is 43.3. The third-order valence-electron chi connectivity index (χ3n) is 16.0. The maximum absolute atomic E-state index is 15.1. The van der Waals surface area contributed by atoms with Gasteiger partial charge in [-0.1, -0.05) is 38.1 Å². The number of anilines is 2. The molecule has 20 heteroatoms. The summed E-state index contributed by atoms with van der Waals surface area (Å²) < 4.78 is 76.6. The molecule has 4 aromatic carbocycles. The van der Waals surface area contributed by atoms with Gasteiger partial charge in [0.1, 0.15) is 28.7 Å². The molecular formula is C56H64F2N8O9S. The van der Waals surface area contributed by atoms with Crippen molar-refractivity contribution in [3.63, 3.8) is 0 Å². The van der Waals surface area contributed by atoms with Crippen molar-refractivity contribution < 1.29 is 46.2 Å². The fourth-order valence-electron chi connectivity index (χ4n) is 11.8. The maximum atomic E-state index is 15.1. The fourth-order valence-corrected chi connectivity index (χ4v) is 12.8. The number of carbonyl (C=O) groups excluding carboxylic acids is 1. The number of piperazine rings is 1. The van der Waals surface area contributed by atoms with E-state index in [1.54, 1.807) is 19.1 Å². The third-order valence-corrected chi connectivity index (χ3v) is 17.3. The topological polar surface area (TPSA) is 205 Å². The number of nitro benzene ring substituents is 1. The predicted molar refractivity (Wildman–Crippen MR) is 284 cm³/mol. The molecule has 2 saturated heterocycles. The lowest BCUT2D eigenvalue weighted by Gasteiger charge is -2.63. The van der Waals surface area contributed by atoms with Gasteiger partial charge in [0.25, 0.3) is 21.6 Å². The molecule has 4 aliphatic rings. The first-order valence-electron chi connectivity index (χ1n) is 25.8. The number of fused-ring (bicyclic) bond motifs is 1. The van der Waals surface area contributed by atoms with Crippen LogP contribution in [0.4, 0.5) is 25.8 Å². The molecule has 4 fully saturated rings. The van der Waals surface area contributed by atoms with Crippen molar-refractivity contribution in [3.05, 3.63) is 135 Å². The van der Waals surface area contributed by atoms with Gasteiger partial charge < -0.3 is 34.5 Å². The Bertz CT molecular complexity index is 3280. The standard InChI is InChI=1S/C56H64F2N8O9S/c1-34(2)41-8-6-7-9-42(41)49-31-63(30-36-20-45(57)52(74-5)51(21-36)73-4)18-19-65(49)38-25-56(26-38)32-64(33-56)37-10-12-43(50(22-37)75-39-23-44-46(58)29-61-53(44)60-28-39)54(67)62-76(71,72)40-11-13-47(48(24-40)66(69)70)59-27-35-14-16-55(3,68)17-15-35/h6-13,20-24,28-29,34-35,38,49,59,68H,14-19,25-27,30-33H2,1-5H3,(H,60,61)(H,62,67)/t35?,49-,55?/m0/s1. The number of aromatic amines is 1. The van der Waals surface area contributed by atoms with Crippen LogP contribution in [0.3, 0.4) is 0 Å². The smallest absolute Gasteiger partial charge is 0.293 e. The van der Waals surface area contributed by atoms with Gasteiger partial charge in [-0.2, -0.15) is 0 Å². The number of benzene rings is 4. The van der Waals surface area contributed by atoms with Gasteiger partial charge in [-0.25, -0.2) is 26.9 Å². The molecule has 76 heavy (non-hydrogen) atoms. The van der Waals surface area contributed by atoms with E-state index >= 15 is 4.39 Å². The minimum absolute atomic E-state index is 0.00941. The number of sulfonamides is 1. The molecular weight excluding hydrogens is 999 g/mol. The fraction of sp³-hybridized carbons (Fsp3) is 0.429. The molecule has 0 bridgehead atoms. The summed E-state index contributed by atoms with van der Waals surface area (Å²) in [5, 5.41) is 25.8. The maximum Gasteiger partial charge on any atom is 0.293 e. The van der Waals surface area contributed by atoms with Crippen molar-refractivity contribution in [3.8, 4) is 23.0 Å². The van der Waals surface area contributed by atoms with Crippen LogP contribution in [0.2, 0.25) is 0 Å². The number of carbonyl (C=O) groups is 1. The third kappa shape index (κ3) is 10.8. The molecule has 2 aliphatic heterocycles. The van der Waals surface area contributed by atoms with Gasteiger partial charge in [0.2, 0.25) is 0 Å². The summed E-state index contributed by atoms with van der Waals surface area (Å²) in [4.78, 5) is 39.4. The van der Waals surface area contributed by atoms with E-state index in [9.17, 15) is 32.8 Å². The number of hydrogen-bond donors (Lipinski definition) is 4. The second-order valence-corrected chi connectivity index (χ2v) is 23.4. The lowest BCUT2D eigenvalue weighted by Crippen LogP contribution is -2.68. The molecule has 1 amide bonds. The normalized spacial score (nSPS) is 21.0. The number of nitro groups is 1. The number of aliphatic hydroxyl groups is 1. The number of H-pyrrole nitrogens is 1. The van der Waals surface area contributed by atoms with Crippen LogP contribution in [0.5, 0.6) is 23.0 Å². The van der Waals surface area contributed by atoms with Crippen molar-refractivity contribution in [2.45, 2.75) is 94.3 Å². The van der Waals surface area contributed by atoms with E-state index in [2.05, 4.69) is 72.8 Å². The highest BCUT2D eigenvalue weighted by atomic mass is 32.2. The summed E-state index contributed by atoms with van der Waals surface area (Å²) in [6, 6.07) is 22.2. The van der Waals surface area contributed by atoms with Crippen LogP contribution >= 0.6 is 0 Å². The number of methoxy groups -OCH3 is 2. The van der Waals surface area contributed by atoms with Gasteiger partial charge in [0.15, 0.2) is 17.3 Å². The van der Waals surface area contributed by atoms with Crippen LogP contribution in [-0.2, 0) is 16.6 Å². The second kappa shape index (κ2) is 20.9. The van der Waals surface area contributed by atoms with Gasteiger partial charge in [0.05, 0.1) is 46.8 Å². The Morgan fingerprint density at radius 3 is 2.46 bits per heavy atom. The molecule has 2 saturated carbocycles. The Kier molecular flexibility index (Phi) is 14.5. The van der Waals surface area contributed by atoms with E-state index in [1.165, 1.54) is 68.1 Å². The zero-order valence-corrected chi connectivity index (χ0v) is 44.1. The summed E-state index contributed by atoms with van der Waals surface area (Å²) >= 11 is 0. The molecule has 0 radical (unpaired) electrons.